The van der Waals surface area contributed by atoms with E-state index in [9.17, 15) is 9.90 Å². The highest BCUT2D eigenvalue weighted by molar-refractivity contribution is 5.69. The van der Waals surface area contributed by atoms with E-state index in [-0.39, 0.29) is 5.97 Å². The highest BCUT2D eigenvalue weighted by Gasteiger charge is 2.03. The predicted molar refractivity (Wildman–Crippen MR) is 86.5 cm³/mol. The second-order valence-electron chi connectivity index (χ2n) is 5.37. The molecule has 3 heteroatoms. The highest BCUT2D eigenvalue weighted by atomic mass is 16.5. The van der Waals surface area contributed by atoms with Crippen LogP contribution >= 0.6 is 0 Å². The topological polar surface area (TPSA) is 46.5 Å². The Labute approximate surface area is 131 Å². The van der Waals surface area contributed by atoms with Gasteiger partial charge in [-0.1, -0.05) is 48.9 Å². The van der Waals surface area contributed by atoms with Crippen LogP contribution in [-0.2, 0) is 22.6 Å². The number of phenols is 1. The fourth-order valence-electron chi connectivity index (χ4n) is 2.25. The molecule has 22 heavy (non-hydrogen) atoms. The minimum Gasteiger partial charge on any atom is -0.508 e. The summed E-state index contributed by atoms with van der Waals surface area (Å²) in [4.78, 5) is 11.6. The monoisotopic (exact) mass is 298 g/mol. The van der Waals surface area contributed by atoms with Gasteiger partial charge >= 0.3 is 5.97 Å². The third-order valence-electron chi connectivity index (χ3n) is 3.53. The van der Waals surface area contributed by atoms with E-state index in [2.05, 4.69) is 0 Å². The molecule has 0 heterocycles. The van der Waals surface area contributed by atoms with E-state index in [4.69, 9.17) is 4.74 Å². The van der Waals surface area contributed by atoms with Gasteiger partial charge < -0.3 is 9.84 Å². The Morgan fingerprint density at radius 1 is 0.864 bits per heavy atom. The molecule has 0 atom stereocenters. The van der Waals surface area contributed by atoms with Crippen molar-refractivity contribution in [1.82, 2.24) is 0 Å². The molecular weight excluding hydrogens is 276 g/mol. The van der Waals surface area contributed by atoms with Crippen LogP contribution in [0.1, 0.15) is 36.8 Å². The van der Waals surface area contributed by atoms with Crippen LogP contribution in [0.15, 0.2) is 54.6 Å². The molecule has 0 spiro atoms. The first-order valence-electron chi connectivity index (χ1n) is 7.71. The van der Waals surface area contributed by atoms with Crippen molar-refractivity contribution >= 4 is 5.97 Å². The first-order valence-corrected chi connectivity index (χ1v) is 7.71. The summed E-state index contributed by atoms with van der Waals surface area (Å²) in [5, 5.41) is 9.21. The van der Waals surface area contributed by atoms with Crippen molar-refractivity contribution in [3.05, 3.63) is 65.7 Å². The SMILES string of the molecule is O=C(CCCCCc1ccc(O)cc1)OCc1ccccc1. The number of aromatic hydroxyl groups is 1. The smallest absolute Gasteiger partial charge is 0.306 e. The Kier molecular flexibility index (Phi) is 6.49. The van der Waals surface area contributed by atoms with Crippen molar-refractivity contribution in [3.8, 4) is 5.75 Å². The first kappa shape index (κ1) is 16.1. The summed E-state index contributed by atoms with van der Waals surface area (Å²) in [5.74, 6) is 0.165. The zero-order valence-electron chi connectivity index (χ0n) is 12.7. The summed E-state index contributed by atoms with van der Waals surface area (Å²) in [7, 11) is 0. The van der Waals surface area contributed by atoms with Gasteiger partial charge in [0.2, 0.25) is 0 Å². The van der Waals surface area contributed by atoms with Gasteiger partial charge in [-0.2, -0.15) is 0 Å². The molecular formula is C19H22O3. The van der Waals surface area contributed by atoms with Crippen LogP contribution in [-0.4, -0.2) is 11.1 Å². The standard InChI is InChI=1S/C19H22O3/c20-18-13-11-16(12-14-18)7-3-2-6-10-19(21)22-15-17-8-4-1-5-9-17/h1,4-5,8-9,11-14,20H,2-3,6-7,10,15H2. The van der Waals surface area contributed by atoms with Crippen LogP contribution in [0.5, 0.6) is 5.75 Å². The number of esters is 1. The summed E-state index contributed by atoms with van der Waals surface area (Å²) in [6.45, 7) is 0.354. The average Bonchev–Trinajstić information content (AvgIpc) is 2.55. The number of aryl methyl sites for hydroxylation is 1. The molecule has 0 amide bonds. The number of hydrogen-bond donors (Lipinski definition) is 1. The Bertz CT molecular complexity index is 561. The minimum atomic E-state index is -0.131. The first-order chi connectivity index (χ1) is 10.7. The average molecular weight is 298 g/mol. The van der Waals surface area contributed by atoms with Crippen molar-refractivity contribution in [2.24, 2.45) is 0 Å². The van der Waals surface area contributed by atoms with E-state index in [0.29, 0.717) is 18.8 Å². The van der Waals surface area contributed by atoms with Crippen LogP contribution in [0.25, 0.3) is 0 Å². The van der Waals surface area contributed by atoms with Crippen molar-refractivity contribution in [3.63, 3.8) is 0 Å². The van der Waals surface area contributed by atoms with Gasteiger partial charge in [-0.15, -0.1) is 0 Å². The quantitative estimate of drug-likeness (QED) is 0.585. The summed E-state index contributed by atoms with van der Waals surface area (Å²) >= 11 is 0. The molecule has 0 unspecified atom stereocenters. The minimum absolute atomic E-state index is 0.131. The van der Waals surface area contributed by atoms with Gasteiger partial charge in [0.15, 0.2) is 0 Å². The largest absolute Gasteiger partial charge is 0.508 e. The molecule has 0 radical (unpaired) electrons. The van der Waals surface area contributed by atoms with Gasteiger partial charge in [-0.3, -0.25) is 4.79 Å². The molecule has 0 aromatic heterocycles. The normalized spacial score (nSPS) is 10.4. The fraction of sp³-hybridized carbons (Fsp3) is 0.316. The molecule has 0 bridgehead atoms. The zero-order valence-corrected chi connectivity index (χ0v) is 12.7. The van der Waals surface area contributed by atoms with Gasteiger partial charge in [0.25, 0.3) is 0 Å². The van der Waals surface area contributed by atoms with Crippen LogP contribution < -0.4 is 0 Å². The lowest BCUT2D eigenvalue weighted by Gasteiger charge is -2.05. The summed E-state index contributed by atoms with van der Waals surface area (Å²) in [5.41, 5.74) is 2.23. The predicted octanol–water partition coefficient (Wildman–Crippen LogP) is 4.24. The molecule has 3 nitrogen and oxygen atoms in total. The van der Waals surface area contributed by atoms with Gasteiger partial charge in [0, 0.05) is 6.42 Å². The molecule has 0 fully saturated rings. The second-order valence-corrected chi connectivity index (χ2v) is 5.37. The Morgan fingerprint density at radius 2 is 1.59 bits per heavy atom. The maximum atomic E-state index is 11.6. The van der Waals surface area contributed by atoms with Crippen molar-refractivity contribution < 1.29 is 14.6 Å². The maximum Gasteiger partial charge on any atom is 0.306 e. The van der Waals surface area contributed by atoms with Crippen molar-refractivity contribution in [2.45, 2.75) is 38.7 Å². The van der Waals surface area contributed by atoms with Crippen LogP contribution in [0.3, 0.4) is 0 Å². The molecule has 0 saturated heterocycles. The summed E-state index contributed by atoms with van der Waals surface area (Å²) < 4.78 is 5.24. The molecule has 2 rings (SSSR count). The van der Waals surface area contributed by atoms with Gasteiger partial charge in [-0.05, 0) is 42.5 Å². The zero-order chi connectivity index (χ0) is 15.6. The Hall–Kier alpha value is -2.29. The molecule has 116 valence electrons. The van der Waals surface area contributed by atoms with Gasteiger partial charge in [0.05, 0.1) is 0 Å². The number of rotatable bonds is 8. The number of ether oxygens (including phenoxy) is 1. The molecule has 0 aliphatic carbocycles. The third-order valence-corrected chi connectivity index (χ3v) is 3.53. The number of carbonyl (C=O) groups excluding carboxylic acids is 1. The highest BCUT2D eigenvalue weighted by Crippen LogP contribution is 2.13. The van der Waals surface area contributed by atoms with E-state index in [1.54, 1.807) is 12.1 Å². The number of carbonyl (C=O) groups is 1. The van der Waals surface area contributed by atoms with Crippen LogP contribution in [0.2, 0.25) is 0 Å². The second kappa shape index (κ2) is 8.88. The maximum absolute atomic E-state index is 11.6. The van der Waals surface area contributed by atoms with Crippen LogP contribution in [0.4, 0.5) is 0 Å². The summed E-state index contributed by atoms with van der Waals surface area (Å²) in [6, 6.07) is 17.0. The Balaban J connectivity index is 1.54. The van der Waals surface area contributed by atoms with E-state index in [1.807, 2.05) is 42.5 Å². The van der Waals surface area contributed by atoms with Gasteiger partial charge in [0.1, 0.15) is 12.4 Å². The van der Waals surface area contributed by atoms with E-state index < -0.39 is 0 Å². The lowest BCUT2D eigenvalue weighted by molar-refractivity contribution is -0.145. The number of benzene rings is 2. The number of hydrogen-bond acceptors (Lipinski definition) is 3. The molecule has 2 aromatic carbocycles. The van der Waals surface area contributed by atoms with Crippen LogP contribution in [0, 0.1) is 0 Å². The lowest BCUT2D eigenvalue weighted by atomic mass is 10.1. The van der Waals surface area contributed by atoms with E-state index >= 15 is 0 Å². The molecule has 2 aromatic rings. The summed E-state index contributed by atoms with van der Waals surface area (Å²) in [6.07, 6.45) is 4.34. The van der Waals surface area contributed by atoms with E-state index in [1.165, 1.54) is 5.56 Å². The lowest BCUT2D eigenvalue weighted by Crippen LogP contribution is -2.04. The van der Waals surface area contributed by atoms with Crippen molar-refractivity contribution in [1.29, 1.82) is 0 Å². The number of unbranched alkanes of at least 4 members (excludes halogenated alkanes) is 2. The Morgan fingerprint density at radius 3 is 2.32 bits per heavy atom. The fourth-order valence-corrected chi connectivity index (χ4v) is 2.25. The molecule has 0 aliphatic rings. The molecule has 0 saturated carbocycles. The molecule has 1 N–H and O–H groups in total. The number of phenolic OH excluding ortho intramolecular Hbond substituents is 1. The third kappa shape index (κ3) is 6.00. The van der Waals surface area contributed by atoms with Crippen molar-refractivity contribution in [2.75, 3.05) is 0 Å². The van der Waals surface area contributed by atoms with E-state index in [0.717, 1.165) is 31.2 Å². The molecule has 0 aliphatic heterocycles. The van der Waals surface area contributed by atoms with Gasteiger partial charge in [-0.25, -0.2) is 0 Å².